The van der Waals surface area contributed by atoms with Crippen LogP contribution in [-0.2, 0) is 5.72 Å². The molecule has 1 N–H and O–H groups in total. The zero-order valence-electron chi connectivity index (χ0n) is 16.9. The second-order valence-electron chi connectivity index (χ2n) is 7.69. The maximum Gasteiger partial charge on any atom is 0.271 e. The van der Waals surface area contributed by atoms with Crippen molar-refractivity contribution in [1.29, 1.82) is 0 Å². The van der Waals surface area contributed by atoms with Crippen molar-refractivity contribution < 1.29 is 19.2 Å². The molecule has 0 spiro atoms. The van der Waals surface area contributed by atoms with E-state index in [1.54, 1.807) is 14.2 Å². The molecular weight excluding hydrogens is 352 g/mol. The molecule has 0 amide bonds. The number of rotatable bonds is 4. The van der Waals surface area contributed by atoms with Gasteiger partial charge in [0.25, 0.3) is 11.6 Å². The number of β-amino-alcohol motifs (C(OH)–C–C–N with tert-alkyl or cyclic N) is 1. The fourth-order valence-electron chi connectivity index (χ4n) is 4.37. The van der Waals surface area contributed by atoms with Gasteiger partial charge in [-0.3, -0.25) is 0 Å². The van der Waals surface area contributed by atoms with E-state index in [0.29, 0.717) is 18.0 Å². The Hall–Kier alpha value is -2.53. The topological polar surface area (TPSA) is 44.9 Å². The van der Waals surface area contributed by atoms with Crippen LogP contribution in [-0.4, -0.2) is 42.8 Å². The summed E-state index contributed by atoms with van der Waals surface area (Å²) in [5.74, 6) is 2.51. The number of methoxy groups -OCH3 is 2. The zero-order chi connectivity index (χ0) is 19.7. The van der Waals surface area contributed by atoms with E-state index in [1.165, 1.54) is 17.8 Å². The molecule has 1 atom stereocenters. The molecular formula is C23H29N2O3+. The van der Waals surface area contributed by atoms with Crippen LogP contribution in [0.3, 0.4) is 0 Å². The maximum absolute atomic E-state index is 11.9. The van der Waals surface area contributed by atoms with Gasteiger partial charge in [-0.15, -0.1) is 0 Å². The van der Waals surface area contributed by atoms with Gasteiger partial charge >= 0.3 is 0 Å². The van der Waals surface area contributed by atoms with Crippen LogP contribution in [0.25, 0.3) is 0 Å². The summed E-state index contributed by atoms with van der Waals surface area (Å²) in [7, 11) is 3.25. The van der Waals surface area contributed by atoms with Crippen LogP contribution in [0, 0.1) is 6.92 Å². The van der Waals surface area contributed by atoms with Crippen LogP contribution in [0.2, 0.25) is 0 Å². The number of benzene rings is 2. The highest BCUT2D eigenvalue weighted by atomic mass is 16.5. The second kappa shape index (κ2) is 7.47. The van der Waals surface area contributed by atoms with Gasteiger partial charge in [0.1, 0.15) is 5.69 Å². The summed E-state index contributed by atoms with van der Waals surface area (Å²) in [6.07, 6.45) is 4.39. The minimum atomic E-state index is -1.09. The van der Waals surface area contributed by atoms with E-state index in [0.717, 1.165) is 37.1 Å². The Morgan fingerprint density at radius 1 is 0.964 bits per heavy atom. The normalized spacial score (nSPS) is 22.1. The number of hydrogen-bond donors (Lipinski definition) is 1. The van der Waals surface area contributed by atoms with Crippen LogP contribution in [0.1, 0.15) is 36.8 Å². The zero-order valence-corrected chi connectivity index (χ0v) is 16.9. The summed E-state index contributed by atoms with van der Waals surface area (Å²) < 4.78 is 13.1. The van der Waals surface area contributed by atoms with Crippen molar-refractivity contribution in [2.45, 2.75) is 38.3 Å². The molecule has 28 heavy (non-hydrogen) atoms. The SMILES string of the molecule is COc1ccc(C2(O)CN(c3ccc(C)cc3)C3=[N+]2CCCCC3)cc1OC. The van der Waals surface area contributed by atoms with E-state index in [2.05, 4.69) is 40.7 Å². The summed E-state index contributed by atoms with van der Waals surface area (Å²) in [5, 5.41) is 11.9. The van der Waals surface area contributed by atoms with Crippen molar-refractivity contribution in [2.75, 3.05) is 32.2 Å². The van der Waals surface area contributed by atoms with Gasteiger partial charge in [-0.05, 0) is 56.5 Å². The predicted octanol–water partition coefficient (Wildman–Crippen LogP) is 3.66. The Bertz CT molecular complexity index is 891. The molecule has 5 nitrogen and oxygen atoms in total. The van der Waals surface area contributed by atoms with Crippen LogP contribution >= 0.6 is 0 Å². The largest absolute Gasteiger partial charge is 0.493 e. The number of nitrogens with zero attached hydrogens (tertiary/aromatic N) is 2. The molecule has 2 aliphatic heterocycles. The summed E-state index contributed by atoms with van der Waals surface area (Å²) in [6, 6.07) is 14.3. The van der Waals surface area contributed by atoms with Crippen molar-refractivity contribution in [2.24, 2.45) is 0 Å². The number of aryl methyl sites for hydroxylation is 1. The molecule has 2 aliphatic rings. The Morgan fingerprint density at radius 2 is 1.71 bits per heavy atom. The lowest BCUT2D eigenvalue weighted by molar-refractivity contribution is -0.658. The highest BCUT2D eigenvalue weighted by molar-refractivity contribution is 5.95. The van der Waals surface area contributed by atoms with Gasteiger partial charge in [0.15, 0.2) is 18.0 Å². The molecule has 1 unspecified atom stereocenters. The fourth-order valence-corrected chi connectivity index (χ4v) is 4.37. The van der Waals surface area contributed by atoms with Crippen molar-refractivity contribution in [3.05, 3.63) is 53.6 Å². The van der Waals surface area contributed by atoms with Crippen molar-refractivity contribution in [3.8, 4) is 11.5 Å². The molecule has 0 aliphatic carbocycles. The van der Waals surface area contributed by atoms with Crippen molar-refractivity contribution >= 4 is 11.5 Å². The molecule has 2 aromatic carbocycles. The molecule has 4 rings (SSSR count). The molecule has 0 saturated carbocycles. The number of anilines is 1. The molecule has 0 saturated heterocycles. The monoisotopic (exact) mass is 381 g/mol. The van der Waals surface area contributed by atoms with E-state index in [9.17, 15) is 5.11 Å². The van der Waals surface area contributed by atoms with Crippen LogP contribution in [0.5, 0.6) is 11.5 Å². The van der Waals surface area contributed by atoms with Gasteiger partial charge in [-0.2, -0.15) is 0 Å². The Balaban J connectivity index is 1.80. The third kappa shape index (κ3) is 3.14. The first-order valence-electron chi connectivity index (χ1n) is 9.99. The van der Waals surface area contributed by atoms with Crippen molar-refractivity contribution in [3.63, 3.8) is 0 Å². The summed E-state index contributed by atoms with van der Waals surface area (Å²) >= 11 is 0. The number of hydrogen-bond acceptors (Lipinski definition) is 4. The first-order chi connectivity index (χ1) is 13.6. The molecule has 2 heterocycles. The minimum Gasteiger partial charge on any atom is -0.493 e. The lowest BCUT2D eigenvalue weighted by Gasteiger charge is -2.24. The maximum atomic E-state index is 11.9. The Labute approximate surface area is 166 Å². The summed E-state index contributed by atoms with van der Waals surface area (Å²) in [5.41, 5.74) is 2.10. The number of ether oxygens (including phenoxy) is 2. The molecule has 2 aromatic rings. The standard InChI is InChI=1S/C23H29N2O3/c1-17-8-11-19(12-9-17)24-16-23(26,25-14-6-4-5-7-22(24)25)18-10-13-20(27-2)21(15-18)28-3/h8-13,15,26H,4-7,14,16H2,1-3H3/q+1. The van der Waals surface area contributed by atoms with Gasteiger partial charge < -0.3 is 14.6 Å². The molecule has 0 radical (unpaired) electrons. The van der Waals surface area contributed by atoms with E-state index in [4.69, 9.17) is 9.47 Å². The lowest BCUT2D eigenvalue weighted by Crippen LogP contribution is -2.41. The second-order valence-corrected chi connectivity index (χ2v) is 7.69. The van der Waals surface area contributed by atoms with Gasteiger partial charge in [0.05, 0.1) is 20.8 Å². The third-order valence-electron chi connectivity index (χ3n) is 5.92. The third-order valence-corrected chi connectivity index (χ3v) is 5.92. The predicted molar refractivity (Wildman–Crippen MR) is 111 cm³/mol. The van der Waals surface area contributed by atoms with E-state index < -0.39 is 5.72 Å². The van der Waals surface area contributed by atoms with Gasteiger partial charge in [-0.25, -0.2) is 9.48 Å². The highest BCUT2D eigenvalue weighted by Crippen LogP contribution is 2.38. The summed E-state index contributed by atoms with van der Waals surface area (Å²) in [4.78, 5) is 2.28. The highest BCUT2D eigenvalue weighted by Gasteiger charge is 2.52. The first-order valence-corrected chi connectivity index (χ1v) is 9.99. The molecule has 148 valence electrons. The smallest absolute Gasteiger partial charge is 0.271 e. The molecule has 5 heteroatoms. The average molecular weight is 381 g/mol. The number of amidine groups is 1. The van der Waals surface area contributed by atoms with E-state index in [-0.39, 0.29) is 0 Å². The Morgan fingerprint density at radius 3 is 2.43 bits per heavy atom. The van der Waals surface area contributed by atoms with Gasteiger partial charge in [0, 0.05) is 12.0 Å². The van der Waals surface area contributed by atoms with Crippen molar-refractivity contribution in [1.82, 2.24) is 0 Å². The molecule has 0 fully saturated rings. The van der Waals surface area contributed by atoms with Crippen LogP contribution in [0.4, 0.5) is 5.69 Å². The van der Waals surface area contributed by atoms with Crippen LogP contribution in [0.15, 0.2) is 42.5 Å². The molecule has 0 aromatic heterocycles. The van der Waals surface area contributed by atoms with Gasteiger partial charge in [0.2, 0.25) is 0 Å². The fraction of sp³-hybridized carbons (Fsp3) is 0.435. The minimum absolute atomic E-state index is 0.501. The first kappa shape index (κ1) is 18.8. The average Bonchev–Trinajstić information content (AvgIpc) is 2.87. The summed E-state index contributed by atoms with van der Waals surface area (Å²) in [6.45, 7) is 3.45. The lowest BCUT2D eigenvalue weighted by atomic mass is 10.0. The number of aliphatic hydroxyl groups is 1. The van der Waals surface area contributed by atoms with Crippen LogP contribution < -0.4 is 14.4 Å². The van der Waals surface area contributed by atoms with E-state index in [1.807, 2.05) is 18.2 Å². The molecule has 0 bridgehead atoms. The quantitative estimate of drug-likeness (QED) is 0.821. The van der Waals surface area contributed by atoms with E-state index >= 15 is 0 Å². The van der Waals surface area contributed by atoms with Gasteiger partial charge in [-0.1, -0.05) is 17.7 Å². The Kier molecular flexibility index (Phi) is 5.02.